The van der Waals surface area contributed by atoms with Gasteiger partial charge in [0.05, 0.1) is 24.5 Å². The summed E-state index contributed by atoms with van der Waals surface area (Å²) in [7, 11) is 1.60. The van der Waals surface area contributed by atoms with Gasteiger partial charge < -0.3 is 14.8 Å². The number of aromatic nitrogens is 2. The zero-order valence-corrected chi connectivity index (χ0v) is 17.7. The molecule has 0 saturated carbocycles. The lowest BCUT2D eigenvalue weighted by Gasteiger charge is -2.07. The van der Waals surface area contributed by atoms with E-state index >= 15 is 0 Å². The van der Waals surface area contributed by atoms with E-state index in [0.29, 0.717) is 5.69 Å². The molecule has 7 nitrogen and oxygen atoms in total. The lowest BCUT2D eigenvalue weighted by atomic mass is 10.1. The van der Waals surface area contributed by atoms with Crippen LogP contribution < -0.4 is 10.2 Å². The second-order valence-corrected chi connectivity index (χ2v) is 7.47. The molecule has 2 aromatic heterocycles. The van der Waals surface area contributed by atoms with Gasteiger partial charge in [0.1, 0.15) is 17.2 Å². The minimum absolute atomic E-state index is 0.161. The second kappa shape index (κ2) is 8.47. The van der Waals surface area contributed by atoms with E-state index in [0.717, 1.165) is 38.7 Å². The van der Waals surface area contributed by atoms with Crippen LogP contribution in [0.3, 0.4) is 0 Å². The second-order valence-electron chi connectivity index (χ2n) is 7.47. The van der Waals surface area contributed by atoms with E-state index in [-0.39, 0.29) is 11.4 Å². The molecule has 0 aliphatic rings. The highest BCUT2D eigenvalue weighted by atomic mass is 16.5. The van der Waals surface area contributed by atoms with E-state index in [2.05, 4.69) is 20.5 Å². The van der Waals surface area contributed by atoms with E-state index in [1.165, 1.54) is 0 Å². The highest BCUT2D eigenvalue weighted by molar-refractivity contribution is 6.13. The van der Waals surface area contributed by atoms with Crippen LogP contribution in [0.2, 0.25) is 0 Å². The summed E-state index contributed by atoms with van der Waals surface area (Å²) >= 11 is 0. The summed E-state index contributed by atoms with van der Waals surface area (Å²) in [4.78, 5) is 20.9. The van der Waals surface area contributed by atoms with Gasteiger partial charge in [0.15, 0.2) is 0 Å². The molecule has 2 heterocycles. The average molecular weight is 436 g/mol. The molecular weight excluding hydrogens is 416 g/mol. The Labute approximate surface area is 189 Å². The van der Waals surface area contributed by atoms with Crippen molar-refractivity contribution in [1.29, 1.82) is 0 Å². The molecule has 5 rings (SSSR count). The number of fused-ring (bicyclic) bond motifs is 3. The number of nitrogens with one attached hydrogen (secondary N) is 2. The fraction of sp³-hybridized carbons (Fsp3) is 0.0385. The summed E-state index contributed by atoms with van der Waals surface area (Å²) in [5, 5.41) is 15.6. The molecule has 0 saturated heterocycles. The molecule has 3 aromatic carbocycles. The fourth-order valence-corrected chi connectivity index (χ4v) is 3.70. The Morgan fingerprint density at radius 2 is 1.79 bits per heavy atom. The third-order valence-corrected chi connectivity index (χ3v) is 5.37. The van der Waals surface area contributed by atoms with Crippen molar-refractivity contribution in [2.75, 3.05) is 7.11 Å². The van der Waals surface area contributed by atoms with Gasteiger partial charge in [-0.15, -0.1) is 0 Å². The van der Waals surface area contributed by atoms with Crippen molar-refractivity contribution < 1.29 is 14.6 Å². The molecule has 0 radical (unpaired) electrons. The first kappa shape index (κ1) is 20.3. The van der Waals surface area contributed by atoms with Crippen LogP contribution in [0.15, 0.2) is 84.0 Å². The molecular formula is C26H20N4O3. The third kappa shape index (κ3) is 3.99. The van der Waals surface area contributed by atoms with Crippen LogP contribution in [0.5, 0.6) is 11.5 Å². The van der Waals surface area contributed by atoms with Gasteiger partial charge in [-0.1, -0.05) is 18.2 Å². The van der Waals surface area contributed by atoms with E-state index < -0.39 is 5.91 Å². The van der Waals surface area contributed by atoms with Crippen LogP contribution in [0.25, 0.3) is 33.1 Å². The average Bonchev–Trinajstić information content (AvgIpc) is 3.23. The van der Waals surface area contributed by atoms with Crippen LogP contribution in [-0.2, 0) is 0 Å². The number of ether oxygens (including phenoxy) is 1. The number of H-pyrrole nitrogens is 1. The number of pyridine rings is 1. The molecule has 5 aromatic rings. The topological polar surface area (TPSA) is 99.6 Å². The number of carbonyl (C=O) groups excluding carboxylic acids is 1. The lowest BCUT2D eigenvalue weighted by molar-refractivity contribution is 0.0950. The highest BCUT2D eigenvalue weighted by Crippen LogP contribution is 2.33. The lowest BCUT2D eigenvalue weighted by Crippen LogP contribution is -2.19. The Kier molecular flexibility index (Phi) is 5.20. The van der Waals surface area contributed by atoms with Crippen molar-refractivity contribution in [3.63, 3.8) is 0 Å². The molecule has 0 spiro atoms. The fourth-order valence-electron chi connectivity index (χ4n) is 3.70. The standard InChI is InChI=1S/C26H20N4O3/c1-33-19-12-6-16(7-13-19)15-27-30-26(32)23-14-21-20-4-2-3-5-22(20)28-25(21)24(29-23)17-8-10-18(31)11-9-17/h2-15,28,31H,1H3,(H,30,32)/b27-15+. The van der Waals surface area contributed by atoms with E-state index in [1.54, 1.807) is 43.7 Å². The number of amides is 1. The number of benzene rings is 3. The van der Waals surface area contributed by atoms with Crippen LogP contribution >= 0.6 is 0 Å². The summed E-state index contributed by atoms with van der Waals surface area (Å²) in [5.74, 6) is 0.481. The third-order valence-electron chi connectivity index (χ3n) is 5.37. The molecule has 0 unspecified atom stereocenters. The smallest absolute Gasteiger partial charge is 0.289 e. The normalized spacial score (nSPS) is 11.3. The molecule has 7 heteroatoms. The summed E-state index contributed by atoms with van der Waals surface area (Å²) in [6.45, 7) is 0. The van der Waals surface area contributed by atoms with Gasteiger partial charge in [-0.05, 0) is 66.2 Å². The molecule has 0 aliphatic heterocycles. The Balaban J connectivity index is 1.53. The monoisotopic (exact) mass is 436 g/mol. The van der Waals surface area contributed by atoms with Gasteiger partial charge in [0, 0.05) is 21.9 Å². The quantitative estimate of drug-likeness (QED) is 0.271. The van der Waals surface area contributed by atoms with Gasteiger partial charge in [0.2, 0.25) is 0 Å². The Morgan fingerprint density at radius 3 is 2.55 bits per heavy atom. The molecule has 162 valence electrons. The molecule has 3 N–H and O–H groups in total. The van der Waals surface area contributed by atoms with Crippen molar-refractivity contribution >= 4 is 33.9 Å². The number of aromatic amines is 1. The maximum atomic E-state index is 12.9. The number of hydrogen-bond donors (Lipinski definition) is 3. The summed E-state index contributed by atoms with van der Waals surface area (Å²) in [6, 6.07) is 23.7. The maximum Gasteiger partial charge on any atom is 0.289 e. The maximum absolute atomic E-state index is 12.9. The van der Waals surface area contributed by atoms with E-state index in [4.69, 9.17) is 4.74 Å². The molecule has 0 fully saturated rings. The van der Waals surface area contributed by atoms with Crippen LogP contribution in [0.1, 0.15) is 16.1 Å². The number of phenols is 1. The van der Waals surface area contributed by atoms with E-state index in [1.807, 2.05) is 48.5 Å². The number of rotatable bonds is 5. The van der Waals surface area contributed by atoms with E-state index in [9.17, 15) is 9.90 Å². The zero-order valence-electron chi connectivity index (χ0n) is 17.7. The SMILES string of the molecule is COc1ccc(/C=N/NC(=O)c2cc3c([nH]c4ccccc43)c(-c3ccc(O)cc3)n2)cc1. The van der Waals surface area contributed by atoms with Gasteiger partial charge >= 0.3 is 0 Å². The molecule has 33 heavy (non-hydrogen) atoms. The largest absolute Gasteiger partial charge is 0.508 e. The summed E-state index contributed by atoms with van der Waals surface area (Å²) < 4.78 is 5.14. The van der Waals surface area contributed by atoms with Gasteiger partial charge in [-0.3, -0.25) is 4.79 Å². The van der Waals surface area contributed by atoms with Gasteiger partial charge in [-0.2, -0.15) is 5.10 Å². The number of methoxy groups -OCH3 is 1. The Bertz CT molecular complexity index is 1490. The predicted molar refractivity (Wildman–Crippen MR) is 129 cm³/mol. The molecule has 0 atom stereocenters. The minimum atomic E-state index is -0.424. The van der Waals surface area contributed by atoms with Crippen molar-refractivity contribution in [3.05, 3.63) is 90.1 Å². The first-order valence-corrected chi connectivity index (χ1v) is 10.3. The van der Waals surface area contributed by atoms with Crippen molar-refractivity contribution in [2.24, 2.45) is 5.10 Å². The number of aromatic hydroxyl groups is 1. The van der Waals surface area contributed by atoms with Crippen molar-refractivity contribution in [1.82, 2.24) is 15.4 Å². The van der Waals surface area contributed by atoms with Crippen molar-refractivity contribution in [3.8, 4) is 22.8 Å². The minimum Gasteiger partial charge on any atom is -0.508 e. The number of phenolic OH excluding ortho intramolecular Hbond substituents is 1. The van der Waals surface area contributed by atoms with Crippen LogP contribution in [0, 0.1) is 0 Å². The molecule has 0 bridgehead atoms. The van der Waals surface area contributed by atoms with Gasteiger partial charge in [-0.25, -0.2) is 10.4 Å². The van der Waals surface area contributed by atoms with Crippen molar-refractivity contribution in [2.45, 2.75) is 0 Å². The first-order chi connectivity index (χ1) is 16.1. The summed E-state index contributed by atoms with van der Waals surface area (Å²) in [6.07, 6.45) is 1.56. The number of para-hydroxylation sites is 1. The Hall–Kier alpha value is -4.65. The van der Waals surface area contributed by atoms with Crippen LogP contribution in [0.4, 0.5) is 0 Å². The Morgan fingerprint density at radius 1 is 1.03 bits per heavy atom. The van der Waals surface area contributed by atoms with Crippen LogP contribution in [-0.4, -0.2) is 34.3 Å². The number of hydrogen-bond acceptors (Lipinski definition) is 5. The van der Waals surface area contributed by atoms with Gasteiger partial charge in [0.25, 0.3) is 5.91 Å². The number of hydrazone groups is 1. The zero-order chi connectivity index (χ0) is 22.8. The molecule has 1 amide bonds. The predicted octanol–water partition coefficient (Wildman–Crippen LogP) is 4.86. The number of nitrogens with zero attached hydrogens (tertiary/aromatic N) is 2. The number of carbonyl (C=O) groups is 1. The molecule has 0 aliphatic carbocycles. The highest BCUT2D eigenvalue weighted by Gasteiger charge is 2.17. The summed E-state index contributed by atoms with van der Waals surface area (Å²) in [5.41, 5.74) is 6.78. The first-order valence-electron chi connectivity index (χ1n) is 10.3.